The fourth-order valence-electron chi connectivity index (χ4n) is 1.69. The maximum absolute atomic E-state index is 11.9. The fraction of sp³-hybridized carbons (Fsp3) is 0.500. The van der Waals surface area contributed by atoms with Crippen molar-refractivity contribution in [3.63, 3.8) is 0 Å². The van der Waals surface area contributed by atoms with Crippen molar-refractivity contribution in [2.75, 3.05) is 24.7 Å². The van der Waals surface area contributed by atoms with Gasteiger partial charge in [0.25, 0.3) is 0 Å². The minimum atomic E-state index is -3.36. The minimum Gasteiger partial charge on any atom is -0.325 e. The third-order valence-electron chi connectivity index (χ3n) is 2.89. The number of sulfonamides is 1. The topological polar surface area (TPSA) is 66.5 Å². The number of anilines is 1. The van der Waals surface area contributed by atoms with Gasteiger partial charge in [-0.25, -0.2) is 8.42 Å². The Bertz CT molecular complexity index is 538. The number of benzene rings is 1. The van der Waals surface area contributed by atoms with E-state index < -0.39 is 10.0 Å². The predicted molar refractivity (Wildman–Crippen MR) is 81.1 cm³/mol. The van der Waals surface area contributed by atoms with Gasteiger partial charge in [-0.1, -0.05) is 31.0 Å². The smallest absolute Gasteiger partial charge is 0.239 e. The molecule has 0 saturated heterocycles. The molecule has 0 spiro atoms. The molecule has 0 heterocycles. The van der Waals surface area contributed by atoms with E-state index in [9.17, 15) is 13.2 Å². The van der Waals surface area contributed by atoms with Crippen molar-refractivity contribution in [2.45, 2.75) is 26.7 Å². The van der Waals surface area contributed by atoms with Gasteiger partial charge in [-0.15, -0.1) is 0 Å². The van der Waals surface area contributed by atoms with Crippen LogP contribution >= 0.6 is 0 Å². The van der Waals surface area contributed by atoms with Crippen LogP contribution in [0.3, 0.4) is 0 Å². The lowest BCUT2D eigenvalue weighted by atomic mass is 10.2. The zero-order valence-electron chi connectivity index (χ0n) is 12.2. The van der Waals surface area contributed by atoms with Crippen LogP contribution in [0.15, 0.2) is 24.3 Å². The van der Waals surface area contributed by atoms with Crippen molar-refractivity contribution in [3.05, 3.63) is 29.8 Å². The summed E-state index contributed by atoms with van der Waals surface area (Å²) in [6.07, 6.45) is 2.75. The van der Waals surface area contributed by atoms with Crippen LogP contribution < -0.4 is 5.32 Å². The first-order chi connectivity index (χ1) is 9.32. The minimum absolute atomic E-state index is 0.146. The van der Waals surface area contributed by atoms with Crippen LogP contribution in [0, 0.1) is 6.92 Å². The molecule has 0 aliphatic carbocycles. The summed E-state index contributed by atoms with van der Waals surface area (Å²) in [4.78, 5) is 11.9. The summed E-state index contributed by atoms with van der Waals surface area (Å²) in [6.45, 7) is 4.16. The molecule has 1 aromatic rings. The molecule has 112 valence electrons. The molecule has 0 aliphatic rings. The van der Waals surface area contributed by atoms with Crippen molar-refractivity contribution in [3.8, 4) is 0 Å². The predicted octanol–water partition coefficient (Wildman–Crippen LogP) is 2.00. The standard InChI is InChI=1S/C14H22N2O3S/c1-4-5-10-16(20(3,18)19)11-14(17)15-13-8-6-12(2)7-9-13/h6-9H,4-5,10-11H2,1-3H3,(H,15,17). The first-order valence-corrected chi connectivity index (χ1v) is 8.49. The monoisotopic (exact) mass is 298 g/mol. The van der Waals surface area contributed by atoms with Gasteiger partial charge >= 0.3 is 0 Å². The van der Waals surface area contributed by atoms with E-state index in [1.165, 1.54) is 4.31 Å². The molecule has 6 heteroatoms. The Balaban J connectivity index is 2.64. The Hall–Kier alpha value is -1.40. The Morgan fingerprint density at radius 2 is 1.85 bits per heavy atom. The van der Waals surface area contributed by atoms with Crippen LogP contribution in [0.4, 0.5) is 5.69 Å². The van der Waals surface area contributed by atoms with Crippen LogP contribution in [0.5, 0.6) is 0 Å². The zero-order valence-corrected chi connectivity index (χ0v) is 13.0. The van der Waals surface area contributed by atoms with Gasteiger partial charge in [0.05, 0.1) is 12.8 Å². The van der Waals surface area contributed by atoms with Crippen LogP contribution in [0.1, 0.15) is 25.3 Å². The third-order valence-corrected chi connectivity index (χ3v) is 4.14. The first kappa shape index (κ1) is 16.7. The number of carbonyl (C=O) groups is 1. The normalized spacial score (nSPS) is 11.6. The number of nitrogens with one attached hydrogen (secondary N) is 1. The van der Waals surface area contributed by atoms with Gasteiger partial charge in [0.15, 0.2) is 0 Å². The fourth-order valence-corrected chi connectivity index (χ4v) is 2.51. The molecular formula is C14H22N2O3S. The third kappa shape index (κ3) is 5.71. The summed E-state index contributed by atoms with van der Waals surface area (Å²) in [5, 5.41) is 2.70. The molecule has 1 aromatic carbocycles. The van der Waals surface area contributed by atoms with E-state index in [1.54, 1.807) is 12.1 Å². The van der Waals surface area contributed by atoms with Gasteiger partial charge in [-0.3, -0.25) is 4.79 Å². The van der Waals surface area contributed by atoms with Gasteiger partial charge in [0, 0.05) is 12.2 Å². The molecule has 0 radical (unpaired) electrons. The number of rotatable bonds is 7. The number of hydrogen-bond acceptors (Lipinski definition) is 3. The van der Waals surface area contributed by atoms with Gasteiger partial charge in [-0.05, 0) is 25.5 Å². The average molecular weight is 298 g/mol. The van der Waals surface area contributed by atoms with E-state index in [-0.39, 0.29) is 12.5 Å². The highest BCUT2D eigenvalue weighted by Gasteiger charge is 2.19. The summed E-state index contributed by atoms with van der Waals surface area (Å²) in [5.41, 5.74) is 1.77. The summed E-state index contributed by atoms with van der Waals surface area (Å²) < 4.78 is 24.4. The zero-order chi connectivity index (χ0) is 15.2. The number of hydrogen-bond donors (Lipinski definition) is 1. The molecular weight excluding hydrogens is 276 g/mol. The largest absolute Gasteiger partial charge is 0.325 e. The van der Waals surface area contributed by atoms with E-state index in [1.807, 2.05) is 26.0 Å². The van der Waals surface area contributed by atoms with Crippen LogP contribution in [-0.2, 0) is 14.8 Å². The molecule has 0 bridgehead atoms. The van der Waals surface area contributed by atoms with E-state index in [0.717, 1.165) is 24.7 Å². The second-order valence-electron chi connectivity index (χ2n) is 4.86. The molecule has 0 fully saturated rings. The van der Waals surface area contributed by atoms with Crippen molar-refractivity contribution < 1.29 is 13.2 Å². The summed E-state index contributed by atoms with van der Waals surface area (Å²) in [7, 11) is -3.36. The molecule has 0 unspecified atom stereocenters. The Kier molecular flexibility index (Phi) is 6.16. The second-order valence-corrected chi connectivity index (χ2v) is 6.85. The van der Waals surface area contributed by atoms with Crippen molar-refractivity contribution in [1.82, 2.24) is 4.31 Å². The quantitative estimate of drug-likeness (QED) is 0.837. The summed E-state index contributed by atoms with van der Waals surface area (Å²) in [6, 6.07) is 7.37. The van der Waals surface area contributed by atoms with Gasteiger partial charge in [-0.2, -0.15) is 4.31 Å². The van der Waals surface area contributed by atoms with Gasteiger partial charge < -0.3 is 5.32 Å². The molecule has 20 heavy (non-hydrogen) atoms. The highest BCUT2D eigenvalue weighted by atomic mass is 32.2. The Morgan fingerprint density at radius 1 is 1.25 bits per heavy atom. The molecule has 0 saturated carbocycles. The molecule has 1 rings (SSSR count). The highest BCUT2D eigenvalue weighted by Crippen LogP contribution is 2.09. The van der Waals surface area contributed by atoms with Gasteiger partial charge in [0.2, 0.25) is 15.9 Å². The van der Waals surface area contributed by atoms with Crippen LogP contribution in [0.25, 0.3) is 0 Å². The molecule has 0 atom stereocenters. The van der Waals surface area contributed by atoms with Crippen molar-refractivity contribution >= 4 is 21.6 Å². The Labute approximate surface area is 121 Å². The summed E-state index contributed by atoms with van der Waals surface area (Å²) >= 11 is 0. The molecule has 5 nitrogen and oxygen atoms in total. The molecule has 0 aliphatic heterocycles. The van der Waals surface area contributed by atoms with E-state index >= 15 is 0 Å². The molecule has 1 N–H and O–H groups in total. The van der Waals surface area contributed by atoms with Crippen LogP contribution in [0.2, 0.25) is 0 Å². The number of aryl methyl sites for hydroxylation is 1. The van der Waals surface area contributed by atoms with E-state index in [4.69, 9.17) is 0 Å². The van der Waals surface area contributed by atoms with Gasteiger partial charge in [0.1, 0.15) is 0 Å². The molecule has 0 aromatic heterocycles. The lowest BCUT2D eigenvalue weighted by molar-refractivity contribution is -0.116. The highest BCUT2D eigenvalue weighted by molar-refractivity contribution is 7.88. The van der Waals surface area contributed by atoms with Crippen LogP contribution in [-0.4, -0.2) is 38.0 Å². The van der Waals surface area contributed by atoms with E-state index in [0.29, 0.717) is 12.2 Å². The van der Waals surface area contributed by atoms with Crippen molar-refractivity contribution in [1.29, 1.82) is 0 Å². The number of carbonyl (C=O) groups excluding carboxylic acids is 1. The second kappa shape index (κ2) is 7.40. The Morgan fingerprint density at radius 3 is 2.35 bits per heavy atom. The number of unbranched alkanes of at least 4 members (excludes halogenated alkanes) is 1. The number of nitrogens with zero attached hydrogens (tertiary/aromatic N) is 1. The first-order valence-electron chi connectivity index (χ1n) is 6.64. The SMILES string of the molecule is CCCCN(CC(=O)Nc1ccc(C)cc1)S(C)(=O)=O. The van der Waals surface area contributed by atoms with E-state index in [2.05, 4.69) is 5.32 Å². The maximum Gasteiger partial charge on any atom is 0.239 e. The average Bonchev–Trinajstić information content (AvgIpc) is 2.36. The van der Waals surface area contributed by atoms with Crippen molar-refractivity contribution in [2.24, 2.45) is 0 Å². The molecule has 1 amide bonds. The number of amides is 1. The summed E-state index contributed by atoms with van der Waals surface area (Å²) in [5.74, 6) is -0.324. The maximum atomic E-state index is 11.9. The lowest BCUT2D eigenvalue weighted by Crippen LogP contribution is -2.37. The lowest BCUT2D eigenvalue weighted by Gasteiger charge is -2.19.